The molecular weight excluding hydrogens is 587 g/mol. The third kappa shape index (κ3) is 5.57. The second-order valence-electron chi connectivity index (χ2n) is 10.4. The van der Waals surface area contributed by atoms with Crippen LogP contribution in [0.25, 0.3) is 0 Å². The molecule has 2 unspecified atom stereocenters. The quantitative estimate of drug-likeness (QED) is 0.260. The molecule has 0 spiro atoms. The van der Waals surface area contributed by atoms with Gasteiger partial charge in [-0.2, -0.15) is 0 Å². The van der Waals surface area contributed by atoms with Crippen molar-refractivity contribution in [2.45, 2.75) is 37.0 Å². The SMILES string of the molecule is CCOc1cc([C@H]2c3sc(=O)[nH]c3SC3C(=O)N(c4ccc(C)cc4)C(=O)C32)ccc1OCC(=O)Nc1cccc(C)c1. The Hall–Kier alpha value is -4.35. The fourth-order valence-electron chi connectivity index (χ4n) is 5.49. The first-order chi connectivity index (χ1) is 20.7. The van der Waals surface area contributed by atoms with E-state index in [4.69, 9.17) is 9.47 Å². The molecule has 3 amide bonds. The number of nitrogens with one attached hydrogen (secondary N) is 2. The molecule has 0 aliphatic carbocycles. The highest BCUT2D eigenvalue weighted by molar-refractivity contribution is 8.00. The van der Waals surface area contributed by atoms with Crippen LogP contribution in [0.5, 0.6) is 11.5 Å². The van der Waals surface area contributed by atoms with Crippen molar-refractivity contribution in [2.24, 2.45) is 5.92 Å². The van der Waals surface area contributed by atoms with Gasteiger partial charge in [0.15, 0.2) is 18.1 Å². The lowest BCUT2D eigenvalue weighted by Crippen LogP contribution is -2.32. The van der Waals surface area contributed by atoms with Crippen molar-refractivity contribution in [1.82, 2.24) is 4.98 Å². The van der Waals surface area contributed by atoms with Gasteiger partial charge in [0, 0.05) is 16.5 Å². The summed E-state index contributed by atoms with van der Waals surface area (Å²) in [6.45, 7) is 5.82. The first-order valence-electron chi connectivity index (χ1n) is 13.8. The van der Waals surface area contributed by atoms with Crippen LogP contribution < -0.4 is 24.6 Å². The number of rotatable bonds is 8. The zero-order valence-electron chi connectivity index (χ0n) is 23.7. The molecule has 1 aromatic heterocycles. The van der Waals surface area contributed by atoms with E-state index >= 15 is 0 Å². The maximum Gasteiger partial charge on any atom is 0.305 e. The molecule has 2 aliphatic rings. The molecule has 2 aliphatic heterocycles. The van der Waals surface area contributed by atoms with Crippen molar-refractivity contribution >= 4 is 52.2 Å². The lowest BCUT2D eigenvalue weighted by atomic mass is 9.83. The van der Waals surface area contributed by atoms with Gasteiger partial charge in [0.25, 0.3) is 5.91 Å². The fraction of sp³-hybridized carbons (Fsp3) is 0.250. The Bertz CT molecular complexity index is 1780. The highest BCUT2D eigenvalue weighted by Gasteiger charge is 2.56. The summed E-state index contributed by atoms with van der Waals surface area (Å²) < 4.78 is 11.8. The van der Waals surface area contributed by atoms with Crippen LogP contribution in [0.2, 0.25) is 0 Å². The van der Waals surface area contributed by atoms with E-state index in [1.165, 1.54) is 16.7 Å². The number of thiazole rings is 1. The van der Waals surface area contributed by atoms with Gasteiger partial charge >= 0.3 is 4.87 Å². The molecule has 2 N–H and O–H groups in total. The maximum atomic E-state index is 14.0. The van der Waals surface area contributed by atoms with Crippen molar-refractivity contribution in [1.29, 1.82) is 0 Å². The van der Waals surface area contributed by atoms with E-state index in [2.05, 4.69) is 10.3 Å². The van der Waals surface area contributed by atoms with E-state index in [1.807, 2.05) is 51.1 Å². The molecule has 3 aromatic carbocycles. The van der Waals surface area contributed by atoms with Crippen molar-refractivity contribution < 1.29 is 23.9 Å². The van der Waals surface area contributed by atoms with Gasteiger partial charge in [-0.15, -0.1) is 0 Å². The summed E-state index contributed by atoms with van der Waals surface area (Å²) in [6, 6.07) is 20.0. The average Bonchev–Trinajstić information content (AvgIpc) is 3.47. The number of imide groups is 1. The van der Waals surface area contributed by atoms with Crippen molar-refractivity contribution in [3.8, 4) is 11.5 Å². The summed E-state index contributed by atoms with van der Waals surface area (Å²) in [5, 5.41) is 2.72. The first-order valence-corrected chi connectivity index (χ1v) is 15.5. The Morgan fingerprint density at radius 2 is 1.72 bits per heavy atom. The molecule has 6 rings (SSSR count). The largest absolute Gasteiger partial charge is 0.490 e. The number of ether oxygens (including phenoxy) is 2. The molecule has 1 saturated heterocycles. The molecule has 3 atom stereocenters. The Morgan fingerprint density at radius 3 is 2.47 bits per heavy atom. The number of anilines is 2. The van der Waals surface area contributed by atoms with Crippen LogP contribution in [0.4, 0.5) is 11.4 Å². The van der Waals surface area contributed by atoms with Crippen molar-refractivity contribution in [3.05, 3.63) is 98.0 Å². The Kier molecular flexibility index (Phi) is 7.85. The number of hydrogen-bond donors (Lipinski definition) is 2. The summed E-state index contributed by atoms with van der Waals surface area (Å²) in [5.74, 6) is -1.46. The summed E-state index contributed by atoms with van der Waals surface area (Å²) in [7, 11) is 0. The number of carbonyl (C=O) groups excluding carboxylic acids is 3. The minimum absolute atomic E-state index is 0.236. The molecule has 0 bridgehead atoms. The first kappa shape index (κ1) is 28.8. The molecule has 0 radical (unpaired) electrons. The fourth-order valence-corrected chi connectivity index (χ4v) is 8.01. The van der Waals surface area contributed by atoms with E-state index in [0.29, 0.717) is 44.9 Å². The molecule has 220 valence electrons. The highest BCUT2D eigenvalue weighted by Crippen LogP contribution is 2.53. The third-order valence-corrected chi connectivity index (χ3v) is 9.80. The van der Waals surface area contributed by atoms with Gasteiger partial charge in [-0.25, -0.2) is 4.90 Å². The molecule has 9 nitrogen and oxygen atoms in total. The Labute approximate surface area is 256 Å². The predicted molar refractivity (Wildman–Crippen MR) is 167 cm³/mol. The number of nitrogens with zero attached hydrogens (tertiary/aromatic N) is 1. The lowest BCUT2D eigenvalue weighted by Gasteiger charge is -2.30. The van der Waals surface area contributed by atoms with E-state index in [1.54, 1.807) is 36.4 Å². The van der Waals surface area contributed by atoms with Crippen LogP contribution in [0.15, 0.2) is 76.6 Å². The number of hydrogen-bond acceptors (Lipinski definition) is 8. The zero-order valence-corrected chi connectivity index (χ0v) is 25.3. The van der Waals surface area contributed by atoms with E-state index in [-0.39, 0.29) is 29.2 Å². The number of aryl methyl sites for hydroxylation is 2. The van der Waals surface area contributed by atoms with Crippen LogP contribution in [0, 0.1) is 19.8 Å². The van der Waals surface area contributed by atoms with E-state index in [0.717, 1.165) is 22.5 Å². The summed E-state index contributed by atoms with van der Waals surface area (Å²) >= 11 is 2.28. The number of benzene rings is 3. The van der Waals surface area contributed by atoms with Gasteiger partial charge in [0.2, 0.25) is 11.8 Å². The van der Waals surface area contributed by atoms with Crippen molar-refractivity contribution in [3.63, 3.8) is 0 Å². The van der Waals surface area contributed by atoms with Gasteiger partial charge < -0.3 is 19.8 Å². The second-order valence-corrected chi connectivity index (χ2v) is 12.6. The van der Waals surface area contributed by atoms with Crippen LogP contribution in [-0.4, -0.2) is 41.2 Å². The Balaban J connectivity index is 1.31. The number of H-pyrrole nitrogens is 1. The molecule has 0 saturated carbocycles. The predicted octanol–water partition coefficient (Wildman–Crippen LogP) is 5.27. The van der Waals surface area contributed by atoms with Crippen LogP contribution in [0.1, 0.15) is 34.4 Å². The van der Waals surface area contributed by atoms with Gasteiger partial charge in [0.1, 0.15) is 5.25 Å². The maximum absolute atomic E-state index is 14.0. The third-order valence-electron chi connectivity index (χ3n) is 7.40. The zero-order chi connectivity index (χ0) is 30.2. The molecule has 11 heteroatoms. The number of thioether (sulfide) groups is 1. The number of aromatic amines is 1. The summed E-state index contributed by atoms with van der Waals surface area (Å²) in [6.07, 6.45) is 0. The Morgan fingerprint density at radius 1 is 0.930 bits per heavy atom. The minimum atomic E-state index is -0.723. The summed E-state index contributed by atoms with van der Waals surface area (Å²) in [5.41, 5.74) is 3.95. The van der Waals surface area contributed by atoms with E-state index < -0.39 is 17.1 Å². The minimum Gasteiger partial charge on any atom is -0.490 e. The average molecular weight is 616 g/mol. The lowest BCUT2D eigenvalue weighted by molar-refractivity contribution is -0.122. The molecule has 1 fully saturated rings. The topological polar surface area (TPSA) is 118 Å². The van der Waals surface area contributed by atoms with Gasteiger partial charge in [-0.3, -0.25) is 19.2 Å². The number of fused-ring (bicyclic) bond motifs is 2. The summed E-state index contributed by atoms with van der Waals surface area (Å²) in [4.78, 5) is 57.2. The number of amides is 3. The van der Waals surface area contributed by atoms with Crippen LogP contribution in [-0.2, 0) is 14.4 Å². The van der Waals surface area contributed by atoms with Gasteiger partial charge in [-0.1, -0.05) is 59.0 Å². The van der Waals surface area contributed by atoms with Crippen LogP contribution in [0.3, 0.4) is 0 Å². The molecule has 4 aromatic rings. The number of aromatic nitrogens is 1. The monoisotopic (exact) mass is 615 g/mol. The smallest absolute Gasteiger partial charge is 0.305 e. The highest BCUT2D eigenvalue weighted by atomic mass is 32.2. The molecule has 3 heterocycles. The van der Waals surface area contributed by atoms with Gasteiger partial charge in [0.05, 0.1) is 23.2 Å². The normalized spacial score (nSPS) is 19.1. The van der Waals surface area contributed by atoms with E-state index in [9.17, 15) is 19.2 Å². The van der Waals surface area contributed by atoms with Gasteiger partial charge in [-0.05, 0) is 68.3 Å². The number of carbonyl (C=O) groups is 3. The standard InChI is InChI=1S/C32H29N3O6S2/c1-4-40-23-15-19(10-13-22(23)41-16-24(36)33-20-7-5-6-18(3)14-20)25-26-28(42-29-27(25)43-32(39)34-29)31(38)35(30(26)37)21-11-8-17(2)9-12-21/h5-15,25-26,28H,4,16H2,1-3H3,(H,33,36)(H,34,39)/t25-,26?,28?/m1/s1. The van der Waals surface area contributed by atoms with Crippen LogP contribution >= 0.6 is 23.1 Å². The second kappa shape index (κ2) is 11.7. The van der Waals surface area contributed by atoms with Crippen molar-refractivity contribution in [2.75, 3.05) is 23.4 Å². The molecular formula is C32H29N3O6S2. The molecule has 43 heavy (non-hydrogen) atoms.